The van der Waals surface area contributed by atoms with Gasteiger partial charge in [-0.25, -0.2) is 0 Å². The van der Waals surface area contributed by atoms with E-state index in [1.165, 1.54) is 0 Å². The maximum Gasteiger partial charge on any atom is 0.287 e. The lowest BCUT2D eigenvalue weighted by Crippen LogP contribution is -2.32. The van der Waals surface area contributed by atoms with Crippen molar-refractivity contribution in [2.24, 2.45) is 5.41 Å². The minimum atomic E-state index is -0.582. The molecule has 0 fully saturated rings. The summed E-state index contributed by atoms with van der Waals surface area (Å²) in [6.07, 6.45) is 0. The van der Waals surface area contributed by atoms with Gasteiger partial charge in [0.1, 0.15) is 5.58 Å². The van der Waals surface area contributed by atoms with Crippen molar-refractivity contribution < 1.29 is 9.21 Å². The molecule has 1 aromatic heterocycles. The van der Waals surface area contributed by atoms with Gasteiger partial charge in [0.2, 0.25) is 0 Å². The standard InChI is InChI=1S/C14H14N2O2/c1-14(2,8-15)9-16-13(17)12-7-10-5-3-4-6-11(10)18-12/h3-7H,9H2,1-2H3,(H,16,17). The van der Waals surface area contributed by atoms with Gasteiger partial charge >= 0.3 is 0 Å². The third-order valence-electron chi connectivity index (χ3n) is 2.64. The van der Waals surface area contributed by atoms with Gasteiger partial charge in [0.15, 0.2) is 5.76 Å². The molecule has 0 saturated carbocycles. The molecule has 0 aliphatic heterocycles. The Morgan fingerprint density at radius 3 is 2.83 bits per heavy atom. The van der Waals surface area contributed by atoms with Crippen molar-refractivity contribution in [2.45, 2.75) is 13.8 Å². The minimum Gasteiger partial charge on any atom is -0.451 e. The van der Waals surface area contributed by atoms with Crippen LogP contribution >= 0.6 is 0 Å². The lowest BCUT2D eigenvalue weighted by atomic mass is 9.96. The number of hydrogen-bond donors (Lipinski definition) is 1. The molecule has 4 nitrogen and oxygen atoms in total. The largest absolute Gasteiger partial charge is 0.451 e. The Labute approximate surface area is 105 Å². The van der Waals surface area contributed by atoms with E-state index in [2.05, 4.69) is 11.4 Å². The SMILES string of the molecule is CC(C)(C#N)CNC(=O)c1cc2ccccc2o1. The quantitative estimate of drug-likeness (QED) is 0.899. The lowest BCUT2D eigenvalue weighted by molar-refractivity contribution is 0.0918. The number of nitriles is 1. The first-order valence-electron chi connectivity index (χ1n) is 5.70. The second-order valence-corrected chi connectivity index (χ2v) is 4.83. The molecule has 18 heavy (non-hydrogen) atoms. The van der Waals surface area contributed by atoms with Crippen LogP contribution in [0.4, 0.5) is 0 Å². The van der Waals surface area contributed by atoms with Crippen molar-refractivity contribution in [3.8, 4) is 6.07 Å². The van der Waals surface area contributed by atoms with E-state index >= 15 is 0 Å². The van der Waals surface area contributed by atoms with Crippen LogP contribution in [0.1, 0.15) is 24.4 Å². The first-order valence-corrected chi connectivity index (χ1v) is 5.70. The van der Waals surface area contributed by atoms with Crippen LogP contribution in [0.25, 0.3) is 11.0 Å². The zero-order valence-electron chi connectivity index (χ0n) is 10.4. The van der Waals surface area contributed by atoms with Crippen LogP contribution in [0.2, 0.25) is 0 Å². The average Bonchev–Trinajstić information content (AvgIpc) is 2.80. The molecule has 0 bridgehead atoms. The summed E-state index contributed by atoms with van der Waals surface area (Å²) in [6.45, 7) is 3.83. The van der Waals surface area contributed by atoms with Gasteiger partial charge in [0, 0.05) is 11.9 Å². The normalized spacial score (nSPS) is 11.2. The topological polar surface area (TPSA) is 66.0 Å². The van der Waals surface area contributed by atoms with Gasteiger partial charge < -0.3 is 9.73 Å². The van der Waals surface area contributed by atoms with Crippen LogP contribution in [0.5, 0.6) is 0 Å². The lowest BCUT2D eigenvalue weighted by Gasteiger charge is -2.14. The Morgan fingerprint density at radius 1 is 1.44 bits per heavy atom. The summed E-state index contributed by atoms with van der Waals surface area (Å²) in [5.41, 5.74) is 0.101. The van der Waals surface area contributed by atoms with E-state index in [-0.39, 0.29) is 11.7 Å². The van der Waals surface area contributed by atoms with Crippen molar-refractivity contribution in [1.82, 2.24) is 5.32 Å². The van der Waals surface area contributed by atoms with E-state index in [4.69, 9.17) is 9.68 Å². The highest BCUT2D eigenvalue weighted by molar-refractivity contribution is 5.96. The Balaban J connectivity index is 2.12. The smallest absolute Gasteiger partial charge is 0.287 e. The zero-order chi connectivity index (χ0) is 13.2. The predicted octanol–water partition coefficient (Wildman–Crippen LogP) is 2.71. The molecule has 0 aliphatic rings. The van der Waals surface area contributed by atoms with Crippen LogP contribution in [-0.2, 0) is 0 Å². The highest BCUT2D eigenvalue weighted by Gasteiger charge is 2.19. The summed E-state index contributed by atoms with van der Waals surface area (Å²) >= 11 is 0. The minimum absolute atomic E-state index is 0.268. The second kappa shape index (κ2) is 4.53. The molecule has 1 N–H and O–H groups in total. The molecular weight excluding hydrogens is 228 g/mol. The molecule has 0 spiro atoms. The number of hydrogen-bond acceptors (Lipinski definition) is 3. The fraction of sp³-hybridized carbons (Fsp3) is 0.286. The molecule has 0 aliphatic carbocycles. The predicted molar refractivity (Wildman–Crippen MR) is 67.9 cm³/mol. The van der Waals surface area contributed by atoms with Crippen LogP contribution in [0.15, 0.2) is 34.7 Å². The zero-order valence-corrected chi connectivity index (χ0v) is 10.4. The van der Waals surface area contributed by atoms with Gasteiger partial charge in [-0.2, -0.15) is 5.26 Å². The summed E-state index contributed by atoms with van der Waals surface area (Å²) in [5, 5.41) is 12.5. The monoisotopic (exact) mass is 242 g/mol. The third kappa shape index (κ3) is 2.51. The first kappa shape index (κ1) is 12.2. The van der Waals surface area contributed by atoms with E-state index in [1.54, 1.807) is 19.9 Å². The van der Waals surface area contributed by atoms with Crippen LogP contribution in [0, 0.1) is 16.7 Å². The summed E-state index contributed by atoms with van der Waals surface area (Å²) < 4.78 is 5.43. The van der Waals surface area contributed by atoms with E-state index in [0.717, 1.165) is 5.39 Å². The molecule has 0 atom stereocenters. The highest BCUT2D eigenvalue weighted by Crippen LogP contribution is 2.19. The number of para-hydroxylation sites is 1. The van der Waals surface area contributed by atoms with Crippen molar-refractivity contribution in [3.63, 3.8) is 0 Å². The van der Waals surface area contributed by atoms with Gasteiger partial charge in [0.05, 0.1) is 11.5 Å². The Hall–Kier alpha value is -2.28. The summed E-state index contributed by atoms with van der Waals surface area (Å²) in [7, 11) is 0. The first-order chi connectivity index (χ1) is 8.52. The number of furan rings is 1. The number of fused-ring (bicyclic) bond motifs is 1. The summed E-state index contributed by atoms with van der Waals surface area (Å²) in [6, 6.07) is 11.3. The molecule has 0 radical (unpaired) electrons. The Morgan fingerprint density at radius 2 is 2.17 bits per heavy atom. The Bertz CT molecular complexity index is 587. The van der Waals surface area contributed by atoms with Gasteiger partial charge in [-0.1, -0.05) is 18.2 Å². The number of amides is 1. The van der Waals surface area contributed by atoms with E-state index in [1.807, 2.05) is 24.3 Å². The molecule has 1 amide bonds. The van der Waals surface area contributed by atoms with E-state index in [9.17, 15) is 4.79 Å². The number of nitrogens with one attached hydrogen (secondary N) is 1. The second-order valence-electron chi connectivity index (χ2n) is 4.83. The van der Waals surface area contributed by atoms with Gasteiger partial charge in [-0.15, -0.1) is 0 Å². The van der Waals surface area contributed by atoms with Gasteiger partial charge in [-0.3, -0.25) is 4.79 Å². The van der Waals surface area contributed by atoms with Gasteiger partial charge in [-0.05, 0) is 26.0 Å². The number of carbonyl (C=O) groups excluding carboxylic acids is 1. The highest BCUT2D eigenvalue weighted by atomic mass is 16.3. The Kier molecular flexibility index (Phi) is 3.07. The molecule has 0 unspecified atom stereocenters. The molecule has 2 rings (SSSR count). The third-order valence-corrected chi connectivity index (χ3v) is 2.64. The van der Waals surface area contributed by atoms with Crippen LogP contribution in [0.3, 0.4) is 0 Å². The van der Waals surface area contributed by atoms with Gasteiger partial charge in [0.25, 0.3) is 5.91 Å². The van der Waals surface area contributed by atoms with Crippen LogP contribution < -0.4 is 5.32 Å². The van der Waals surface area contributed by atoms with E-state index < -0.39 is 5.41 Å². The molecule has 0 saturated heterocycles. The van der Waals surface area contributed by atoms with Crippen molar-refractivity contribution in [3.05, 3.63) is 36.1 Å². The fourth-order valence-corrected chi connectivity index (χ4v) is 1.52. The fourth-order valence-electron chi connectivity index (χ4n) is 1.52. The van der Waals surface area contributed by atoms with Crippen molar-refractivity contribution >= 4 is 16.9 Å². The summed E-state index contributed by atoms with van der Waals surface area (Å²) in [5.74, 6) is -0.0283. The van der Waals surface area contributed by atoms with Crippen LogP contribution in [-0.4, -0.2) is 12.5 Å². The van der Waals surface area contributed by atoms with E-state index in [0.29, 0.717) is 12.1 Å². The average molecular weight is 242 g/mol. The summed E-state index contributed by atoms with van der Waals surface area (Å²) in [4.78, 5) is 11.9. The maximum atomic E-state index is 11.9. The number of rotatable bonds is 3. The van der Waals surface area contributed by atoms with Crippen molar-refractivity contribution in [1.29, 1.82) is 5.26 Å². The molecule has 1 aromatic carbocycles. The number of benzene rings is 1. The molecule has 92 valence electrons. The molecule has 2 aromatic rings. The molecular formula is C14H14N2O2. The molecule has 1 heterocycles. The molecule has 4 heteroatoms. The number of carbonyl (C=O) groups is 1. The number of nitrogens with zero attached hydrogens (tertiary/aromatic N) is 1. The maximum absolute atomic E-state index is 11.9. The van der Waals surface area contributed by atoms with Crippen molar-refractivity contribution in [2.75, 3.05) is 6.54 Å².